The first-order chi connectivity index (χ1) is 8.74. The van der Waals surface area contributed by atoms with Crippen LogP contribution in [0.25, 0.3) is 0 Å². The van der Waals surface area contributed by atoms with Gasteiger partial charge in [0.2, 0.25) is 5.91 Å². The van der Waals surface area contributed by atoms with Gasteiger partial charge in [-0.1, -0.05) is 19.3 Å². The number of carbonyl (C=O) groups excluding carboxylic acids is 1. The van der Waals surface area contributed by atoms with E-state index in [2.05, 4.69) is 5.32 Å². The number of amides is 1. The predicted molar refractivity (Wildman–Crippen MR) is 71.2 cm³/mol. The largest absolute Gasteiger partial charge is 0.376 e. The molecule has 0 aliphatic heterocycles. The van der Waals surface area contributed by atoms with E-state index in [0.29, 0.717) is 32.2 Å². The molecule has 0 bridgehead atoms. The molecule has 4 heteroatoms. The second-order valence-corrected chi connectivity index (χ2v) is 5.86. The van der Waals surface area contributed by atoms with Gasteiger partial charge in [0.25, 0.3) is 0 Å². The van der Waals surface area contributed by atoms with Gasteiger partial charge in [0, 0.05) is 13.0 Å². The van der Waals surface area contributed by atoms with E-state index in [1.165, 1.54) is 32.1 Å². The molecular formula is C14H26N2O2. The molecule has 2 fully saturated rings. The van der Waals surface area contributed by atoms with Crippen LogP contribution in [0.5, 0.6) is 0 Å². The third-order valence-electron chi connectivity index (χ3n) is 4.46. The van der Waals surface area contributed by atoms with Gasteiger partial charge in [0.1, 0.15) is 0 Å². The lowest BCUT2D eigenvalue weighted by Crippen LogP contribution is -2.42. The first kappa shape index (κ1) is 13.8. The molecule has 2 aliphatic carbocycles. The molecule has 0 aromatic carbocycles. The van der Waals surface area contributed by atoms with E-state index in [9.17, 15) is 4.79 Å². The van der Waals surface area contributed by atoms with Crippen molar-refractivity contribution < 1.29 is 9.53 Å². The Morgan fingerprint density at radius 1 is 1.28 bits per heavy atom. The van der Waals surface area contributed by atoms with Crippen molar-refractivity contribution in [3.8, 4) is 0 Å². The fourth-order valence-corrected chi connectivity index (χ4v) is 3.00. The summed E-state index contributed by atoms with van der Waals surface area (Å²) < 4.78 is 5.71. The topological polar surface area (TPSA) is 64.4 Å². The minimum atomic E-state index is 0.108. The smallest absolute Gasteiger partial charge is 0.220 e. The van der Waals surface area contributed by atoms with E-state index in [4.69, 9.17) is 10.5 Å². The summed E-state index contributed by atoms with van der Waals surface area (Å²) in [5.41, 5.74) is 5.86. The monoisotopic (exact) mass is 254 g/mol. The molecule has 4 nitrogen and oxygen atoms in total. The minimum absolute atomic E-state index is 0.108. The van der Waals surface area contributed by atoms with Gasteiger partial charge in [-0.3, -0.25) is 4.79 Å². The van der Waals surface area contributed by atoms with Crippen LogP contribution in [-0.4, -0.2) is 31.7 Å². The Morgan fingerprint density at radius 2 is 2.00 bits per heavy atom. The lowest BCUT2D eigenvalue weighted by atomic mass is 9.66. The zero-order valence-corrected chi connectivity index (χ0v) is 11.2. The van der Waals surface area contributed by atoms with Gasteiger partial charge in [0.15, 0.2) is 0 Å². The maximum atomic E-state index is 11.8. The van der Waals surface area contributed by atoms with Gasteiger partial charge in [-0.15, -0.1) is 0 Å². The molecule has 0 radical (unpaired) electrons. The van der Waals surface area contributed by atoms with E-state index in [1.807, 2.05) is 0 Å². The molecule has 18 heavy (non-hydrogen) atoms. The molecule has 0 unspecified atom stereocenters. The third-order valence-corrected chi connectivity index (χ3v) is 4.46. The van der Waals surface area contributed by atoms with Crippen molar-refractivity contribution in [2.45, 2.75) is 57.5 Å². The normalized spacial score (nSPS) is 22.7. The highest BCUT2D eigenvalue weighted by Crippen LogP contribution is 2.42. The standard InChI is InChI=1S/C14H26N2O2/c15-11-14(6-3-7-14)10-13(17)16-8-9-18-12-4-1-2-5-12/h12H,1-11,15H2,(H,16,17). The van der Waals surface area contributed by atoms with Crippen molar-refractivity contribution in [3.05, 3.63) is 0 Å². The minimum Gasteiger partial charge on any atom is -0.376 e. The molecule has 2 rings (SSSR count). The summed E-state index contributed by atoms with van der Waals surface area (Å²) in [5, 5.41) is 2.95. The van der Waals surface area contributed by atoms with Crippen LogP contribution in [0, 0.1) is 5.41 Å². The van der Waals surface area contributed by atoms with Crippen LogP contribution in [0.3, 0.4) is 0 Å². The highest BCUT2D eigenvalue weighted by Gasteiger charge is 2.37. The van der Waals surface area contributed by atoms with Gasteiger partial charge in [-0.2, -0.15) is 0 Å². The fraction of sp³-hybridized carbons (Fsp3) is 0.929. The first-order valence-corrected chi connectivity index (χ1v) is 7.32. The van der Waals surface area contributed by atoms with E-state index < -0.39 is 0 Å². The third kappa shape index (κ3) is 3.69. The van der Waals surface area contributed by atoms with Crippen molar-refractivity contribution in [2.24, 2.45) is 11.1 Å². The van der Waals surface area contributed by atoms with Gasteiger partial charge >= 0.3 is 0 Å². The van der Waals surface area contributed by atoms with Crippen molar-refractivity contribution in [3.63, 3.8) is 0 Å². The van der Waals surface area contributed by atoms with Crippen molar-refractivity contribution >= 4 is 5.91 Å². The van der Waals surface area contributed by atoms with Gasteiger partial charge in [-0.05, 0) is 37.6 Å². The molecule has 0 saturated heterocycles. The van der Waals surface area contributed by atoms with E-state index in [1.54, 1.807) is 0 Å². The molecule has 0 heterocycles. The maximum Gasteiger partial charge on any atom is 0.220 e. The zero-order valence-electron chi connectivity index (χ0n) is 11.2. The van der Waals surface area contributed by atoms with Crippen LogP contribution < -0.4 is 11.1 Å². The molecule has 0 aromatic heterocycles. The average molecular weight is 254 g/mol. The molecule has 0 aromatic rings. The fourth-order valence-electron chi connectivity index (χ4n) is 3.00. The summed E-state index contributed by atoms with van der Waals surface area (Å²) in [6.45, 7) is 1.92. The molecule has 0 atom stereocenters. The number of ether oxygens (including phenoxy) is 1. The Kier molecular flexibility index (Phi) is 5.01. The first-order valence-electron chi connectivity index (χ1n) is 7.32. The van der Waals surface area contributed by atoms with Crippen molar-refractivity contribution in [1.82, 2.24) is 5.32 Å². The van der Waals surface area contributed by atoms with Crippen LogP contribution >= 0.6 is 0 Å². The lowest BCUT2D eigenvalue weighted by Gasteiger charge is -2.40. The molecule has 0 spiro atoms. The highest BCUT2D eigenvalue weighted by molar-refractivity contribution is 5.76. The Hall–Kier alpha value is -0.610. The van der Waals surface area contributed by atoms with Gasteiger partial charge in [-0.25, -0.2) is 0 Å². The second kappa shape index (κ2) is 6.53. The van der Waals surface area contributed by atoms with Crippen molar-refractivity contribution in [1.29, 1.82) is 0 Å². The average Bonchev–Trinajstić information content (AvgIpc) is 2.82. The highest BCUT2D eigenvalue weighted by atomic mass is 16.5. The number of hydrogen-bond donors (Lipinski definition) is 2. The number of carbonyl (C=O) groups is 1. The van der Waals surface area contributed by atoms with E-state index >= 15 is 0 Å². The summed E-state index contributed by atoms with van der Waals surface area (Å²) in [6.07, 6.45) is 9.40. The Morgan fingerprint density at radius 3 is 2.56 bits per heavy atom. The number of nitrogens with two attached hydrogens (primary N) is 1. The molecule has 104 valence electrons. The summed E-state index contributed by atoms with van der Waals surface area (Å²) in [7, 11) is 0. The molecular weight excluding hydrogens is 228 g/mol. The van der Waals surface area contributed by atoms with Gasteiger partial charge in [0.05, 0.1) is 12.7 Å². The summed E-state index contributed by atoms with van der Waals surface area (Å²) in [5.74, 6) is 0.134. The quantitative estimate of drug-likeness (QED) is 0.678. The predicted octanol–water partition coefficient (Wildman–Crippen LogP) is 1.58. The van der Waals surface area contributed by atoms with Crippen molar-refractivity contribution in [2.75, 3.05) is 19.7 Å². The van der Waals surface area contributed by atoms with E-state index in [0.717, 1.165) is 12.8 Å². The second-order valence-electron chi connectivity index (χ2n) is 5.86. The number of rotatable bonds is 7. The summed E-state index contributed by atoms with van der Waals surface area (Å²) >= 11 is 0. The maximum absolute atomic E-state index is 11.8. The lowest BCUT2D eigenvalue weighted by molar-refractivity contribution is -0.125. The van der Waals surface area contributed by atoms with Crippen LogP contribution in [0.4, 0.5) is 0 Å². The summed E-state index contributed by atoms with van der Waals surface area (Å²) in [4.78, 5) is 11.8. The molecule has 2 aliphatic rings. The Labute approximate surface area is 110 Å². The van der Waals surface area contributed by atoms with Crippen LogP contribution in [-0.2, 0) is 9.53 Å². The SMILES string of the molecule is NCC1(CC(=O)NCCOC2CCCC2)CCC1. The van der Waals surface area contributed by atoms with E-state index in [-0.39, 0.29) is 11.3 Å². The number of nitrogens with one attached hydrogen (secondary N) is 1. The molecule has 1 amide bonds. The van der Waals surface area contributed by atoms with Crippen LogP contribution in [0.2, 0.25) is 0 Å². The Balaban J connectivity index is 1.54. The molecule has 2 saturated carbocycles. The number of hydrogen-bond acceptors (Lipinski definition) is 3. The Bertz CT molecular complexity index is 265. The summed E-state index contributed by atoms with van der Waals surface area (Å²) in [6, 6.07) is 0. The van der Waals surface area contributed by atoms with Crippen LogP contribution in [0.1, 0.15) is 51.4 Å². The molecule has 3 N–H and O–H groups in total. The van der Waals surface area contributed by atoms with Crippen LogP contribution in [0.15, 0.2) is 0 Å². The van der Waals surface area contributed by atoms with Gasteiger partial charge < -0.3 is 15.8 Å². The zero-order chi connectivity index (χ0) is 12.8.